The number of hydrogen-bond acceptors (Lipinski definition) is 7. The highest BCUT2D eigenvalue weighted by molar-refractivity contribution is 7.99. The summed E-state index contributed by atoms with van der Waals surface area (Å²) in [6.07, 6.45) is 1.48. The fraction of sp³-hybridized carbons (Fsp3) is 0.100. The summed E-state index contributed by atoms with van der Waals surface area (Å²) < 4.78 is 13.1. The molecule has 4 rings (SSSR count). The van der Waals surface area contributed by atoms with Gasteiger partial charge < -0.3 is 5.32 Å². The lowest BCUT2D eigenvalue weighted by Crippen LogP contribution is -1.97. The van der Waals surface area contributed by atoms with Crippen molar-refractivity contribution in [2.75, 3.05) is 5.32 Å². The topological polar surface area (TPSA) is 81.0 Å². The van der Waals surface area contributed by atoms with Gasteiger partial charge in [-0.2, -0.15) is 0 Å². The quantitative estimate of drug-likeness (QED) is 0.300. The van der Waals surface area contributed by atoms with Gasteiger partial charge >= 0.3 is 0 Å². The molecule has 146 valence electrons. The Balaban J connectivity index is 1.73. The summed E-state index contributed by atoms with van der Waals surface area (Å²) in [4.78, 5) is 23.1. The van der Waals surface area contributed by atoms with E-state index >= 15 is 0 Å². The molecule has 9 heteroatoms. The number of benzene rings is 2. The molecule has 0 saturated carbocycles. The van der Waals surface area contributed by atoms with Gasteiger partial charge in [-0.15, -0.1) is 11.3 Å². The van der Waals surface area contributed by atoms with E-state index in [-0.39, 0.29) is 11.5 Å². The summed E-state index contributed by atoms with van der Waals surface area (Å²) in [6, 6.07) is 10.8. The SMILES string of the molecule is Cc1sc2ncnc(Nc3cc(Sc4ccc(F)cc4)cc([N+](=O)[O-])c3)c2c1C. The fourth-order valence-corrected chi connectivity index (χ4v) is 4.78. The van der Waals surface area contributed by atoms with E-state index in [0.717, 1.165) is 25.6 Å². The predicted molar refractivity (Wildman–Crippen MR) is 114 cm³/mol. The molecule has 0 amide bonds. The zero-order valence-corrected chi connectivity index (χ0v) is 17.1. The van der Waals surface area contributed by atoms with Gasteiger partial charge in [0.2, 0.25) is 0 Å². The second-order valence-corrected chi connectivity index (χ2v) is 8.69. The number of rotatable bonds is 5. The first-order chi connectivity index (χ1) is 13.9. The third-order valence-electron chi connectivity index (χ3n) is 4.38. The van der Waals surface area contributed by atoms with E-state index in [0.29, 0.717) is 16.4 Å². The Labute approximate surface area is 174 Å². The molecule has 4 aromatic rings. The number of hydrogen-bond donors (Lipinski definition) is 1. The summed E-state index contributed by atoms with van der Waals surface area (Å²) in [6.45, 7) is 4.03. The van der Waals surface area contributed by atoms with E-state index in [1.54, 1.807) is 23.5 Å². The second kappa shape index (κ2) is 7.76. The van der Waals surface area contributed by atoms with Crippen LogP contribution in [-0.2, 0) is 0 Å². The van der Waals surface area contributed by atoms with E-state index in [1.165, 1.54) is 42.4 Å². The van der Waals surface area contributed by atoms with Crippen molar-refractivity contribution >= 4 is 50.5 Å². The van der Waals surface area contributed by atoms with Crippen LogP contribution in [0.15, 0.2) is 58.6 Å². The highest BCUT2D eigenvalue weighted by Crippen LogP contribution is 2.37. The van der Waals surface area contributed by atoms with Gasteiger partial charge in [-0.1, -0.05) is 11.8 Å². The van der Waals surface area contributed by atoms with Crippen molar-refractivity contribution in [1.82, 2.24) is 9.97 Å². The van der Waals surface area contributed by atoms with Crippen LogP contribution in [0.1, 0.15) is 10.4 Å². The fourth-order valence-electron chi connectivity index (χ4n) is 2.87. The summed E-state index contributed by atoms with van der Waals surface area (Å²) in [5.74, 6) is 0.278. The summed E-state index contributed by atoms with van der Waals surface area (Å²) >= 11 is 2.91. The molecule has 0 aliphatic carbocycles. The number of aryl methyl sites for hydroxylation is 2. The molecule has 2 aromatic heterocycles. The highest BCUT2D eigenvalue weighted by atomic mass is 32.2. The van der Waals surface area contributed by atoms with Gasteiger partial charge in [0.05, 0.1) is 10.3 Å². The predicted octanol–water partition coefficient (Wildman–Crippen LogP) is 6.25. The zero-order valence-electron chi connectivity index (χ0n) is 15.5. The molecular formula is C20H15FN4O2S2. The standard InChI is InChI=1S/C20H15FN4O2S2/c1-11-12(2)28-20-18(11)19(22-10-23-20)24-14-7-15(25(26)27)9-17(8-14)29-16-5-3-13(21)4-6-16/h3-10H,1-2H3,(H,22,23,24). The molecule has 0 saturated heterocycles. The van der Waals surface area contributed by atoms with Gasteiger partial charge in [-0.3, -0.25) is 10.1 Å². The molecule has 0 spiro atoms. The number of fused-ring (bicyclic) bond motifs is 1. The Morgan fingerprint density at radius 1 is 1.10 bits per heavy atom. The van der Waals surface area contributed by atoms with E-state index in [2.05, 4.69) is 15.3 Å². The second-order valence-electron chi connectivity index (χ2n) is 6.34. The smallest absolute Gasteiger partial charge is 0.272 e. The Hall–Kier alpha value is -3.04. The molecule has 6 nitrogen and oxygen atoms in total. The van der Waals surface area contributed by atoms with Gasteiger partial charge in [-0.25, -0.2) is 14.4 Å². The van der Waals surface area contributed by atoms with Crippen molar-refractivity contribution in [3.05, 3.63) is 75.2 Å². The zero-order chi connectivity index (χ0) is 20.5. The van der Waals surface area contributed by atoms with Gasteiger partial charge in [-0.05, 0) is 49.7 Å². The molecule has 0 fully saturated rings. The van der Waals surface area contributed by atoms with E-state index in [4.69, 9.17) is 0 Å². The molecule has 0 radical (unpaired) electrons. The summed E-state index contributed by atoms with van der Waals surface area (Å²) in [5, 5.41) is 15.5. The van der Waals surface area contributed by atoms with Crippen LogP contribution < -0.4 is 5.32 Å². The lowest BCUT2D eigenvalue weighted by molar-refractivity contribution is -0.385. The normalized spacial score (nSPS) is 11.0. The number of halogens is 1. The van der Waals surface area contributed by atoms with Crippen LogP contribution in [0.5, 0.6) is 0 Å². The van der Waals surface area contributed by atoms with Gasteiger partial charge in [0.1, 0.15) is 22.8 Å². The first-order valence-corrected chi connectivity index (χ1v) is 10.2. The van der Waals surface area contributed by atoms with Gasteiger partial charge in [0, 0.05) is 32.5 Å². The van der Waals surface area contributed by atoms with E-state index < -0.39 is 4.92 Å². The lowest BCUT2D eigenvalue weighted by Gasteiger charge is -2.10. The van der Waals surface area contributed by atoms with Crippen LogP contribution in [0.2, 0.25) is 0 Å². The average Bonchev–Trinajstić information content (AvgIpc) is 2.98. The molecule has 0 bridgehead atoms. The molecule has 29 heavy (non-hydrogen) atoms. The first-order valence-electron chi connectivity index (χ1n) is 8.61. The van der Waals surface area contributed by atoms with E-state index in [9.17, 15) is 14.5 Å². The maximum absolute atomic E-state index is 13.1. The van der Waals surface area contributed by atoms with Crippen LogP contribution in [0.3, 0.4) is 0 Å². The Kier molecular flexibility index (Phi) is 5.16. The summed E-state index contributed by atoms with van der Waals surface area (Å²) in [5.41, 5.74) is 1.59. The lowest BCUT2D eigenvalue weighted by atomic mass is 10.2. The van der Waals surface area contributed by atoms with Crippen LogP contribution in [0, 0.1) is 29.8 Å². The maximum Gasteiger partial charge on any atom is 0.272 e. The monoisotopic (exact) mass is 426 g/mol. The number of non-ortho nitro benzene ring substituents is 1. The molecule has 0 atom stereocenters. The third kappa shape index (κ3) is 4.06. The number of nitro groups is 1. The van der Waals surface area contributed by atoms with Crippen LogP contribution in [-0.4, -0.2) is 14.9 Å². The number of aromatic nitrogens is 2. The van der Waals surface area contributed by atoms with Crippen molar-refractivity contribution in [2.45, 2.75) is 23.6 Å². The molecule has 0 aliphatic heterocycles. The molecule has 2 heterocycles. The number of thiophene rings is 1. The Morgan fingerprint density at radius 2 is 1.86 bits per heavy atom. The molecule has 1 N–H and O–H groups in total. The summed E-state index contributed by atoms with van der Waals surface area (Å²) in [7, 11) is 0. The van der Waals surface area contributed by atoms with Crippen molar-refractivity contribution < 1.29 is 9.31 Å². The minimum Gasteiger partial charge on any atom is -0.339 e. The molecular weight excluding hydrogens is 411 g/mol. The van der Waals surface area contributed by atoms with Crippen molar-refractivity contribution in [1.29, 1.82) is 0 Å². The number of nitro benzene ring substituents is 1. The Morgan fingerprint density at radius 3 is 2.59 bits per heavy atom. The van der Waals surface area contributed by atoms with Crippen molar-refractivity contribution in [3.63, 3.8) is 0 Å². The van der Waals surface area contributed by atoms with E-state index in [1.807, 2.05) is 19.9 Å². The van der Waals surface area contributed by atoms with Crippen molar-refractivity contribution in [2.24, 2.45) is 0 Å². The Bertz CT molecular complexity index is 1230. The number of nitrogens with zero attached hydrogens (tertiary/aromatic N) is 3. The minimum atomic E-state index is -0.435. The van der Waals surface area contributed by atoms with Gasteiger partial charge in [0.25, 0.3) is 5.69 Å². The minimum absolute atomic E-state index is 0.0388. The first kappa shape index (κ1) is 19.3. The molecule has 2 aromatic carbocycles. The number of nitrogens with one attached hydrogen (secondary N) is 1. The van der Waals surface area contributed by atoms with Crippen molar-refractivity contribution in [3.8, 4) is 0 Å². The number of anilines is 2. The highest BCUT2D eigenvalue weighted by Gasteiger charge is 2.15. The maximum atomic E-state index is 13.1. The van der Waals surface area contributed by atoms with Gasteiger partial charge in [0.15, 0.2) is 0 Å². The van der Waals surface area contributed by atoms with Crippen LogP contribution >= 0.6 is 23.1 Å². The molecule has 0 aliphatic rings. The average molecular weight is 426 g/mol. The third-order valence-corrected chi connectivity index (χ3v) is 6.47. The van der Waals surface area contributed by atoms with Crippen LogP contribution in [0.25, 0.3) is 10.2 Å². The molecule has 0 unspecified atom stereocenters. The van der Waals surface area contributed by atoms with Crippen LogP contribution in [0.4, 0.5) is 21.6 Å². The largest absolute Gasteiger partial charge is 0.339 e.